The number of hydrogen-bond acceptors (Lipinski definition) is 9. The first-order valence-electron chi connectivity index (χ1n) is 16.6. The zero-order valence-corrected chi connectivity index (χ0v) is 28.1. The van der Waals surface area contributed by atoms with Crippen molar-refractivity contribution in [3.8, 4) is 5.75 Å². The van der Waals surface area contributed by atoms with Crippen molar-refractivity contribution in [1.82, 2.24) is 34.0 Å². The number of piperidine rings is 1. The largest absolute Gasteiger partial charge is 0.504 e. The van der Waals surface area contributed by atoms with Gasteiger partial charge in [0, 0.05) is 29.8 Å². The summed E-state index contributed by atoms with van der Waals surface area (Å²) in [6.45, 7) is 2.80. The summed E-state index contributed by atoms with van der Waals surface area (Å²) >= 11 is 6.15. The summed E-state index contributed by atoms with van der Waals surface area (Å²) < 4.78 is 48.1. The van der Waals surface area contributed by atoms with E-state index in [2.05, 4.69) is 20.4 Å². The number of aromatic nitrogens is 6. The Bertz CT molecular complexity index is 2200. The third kappa shape index (κ3) is 5.37. The number of ether oxygens (including phenoxy) is 1. The van der Waals surface area contributed by atoms with Gasteiger partial charge in [-0.25, -0.2) is 9.97 Å². The van der Waals surface area contributed by atoms with E-state index in [9.17, 15) is 32.7 Å². The molecule has 2 N–H and O–H groups in total. The normalized spacial score (nSPS) is 22.8. The number of aryl methyl sites for hydroxylation is 1. The lowest BCUT2D eigenvalue weighted by molar-refractivity contribution is -0.137. The van der Waals surface area contributed by atoms with Crippen molar-refractivity contribution < 1.29 is 32.6 Å². The van der Waals surface area contributed by atoms with Gasteiger partial charge in [0.25, 0.3) is 11.5 Å². The van der Waals surface area contributed by atoms with Crippen molar-refractivity contribution in [1.29, 1.82) is 0 Å². The van der Waals surface area contributed by atoms with E-state index < -0.39 is 29.0 Å². The SMILES string of the molecule is Cc1ncnc(C(=O)N2CC3CC[C@H](C2)C32CCc3c2c(=O)n2nc(C4=CCOCC4)nc2n3CC(=O)Nc2ccc(C(F)(F)F)cc2Cl)c1O. The molecule has 2 unspecified atom stereocenters. The van der Waals surface area contributed by atoms with E-state index >= 15 is 0 Å². The van der Waals surface area contributed by atoms with Gasteiger partial charge in [-0.3, -0.25) is 14.4 Å². The highest BCUT2D eigenvalue weighted by Crippen LogP contribution is 2.58. The van der Waals surface area contributed by atoms with Crippen LogP contribution in [0.25, 0.3) is 11.4 Å². The van der Waals surface area contributed by atoms with Gasteiger partial charge < -0.3 is 24.6 Å². The van der Waals surface area contributed by atoms with Crippen molar-refractivity contribution in [2.45, 2.75) is 57.2 Å². The quantitative estimate of drug-likeness (QED) is 0.308. The van der Waals surface area contributed by atoms with Crippen LogP contribution in [0.5, 0.6) is 5.75 Å². The Morgan fingerprint density at radius 3 is 2.61 bits per heavy atom. The smallest absolute Gasteiger partial charge is 0.416 e. The Morgan fingerprint density at radius 2 is 1.92 bits per heavy atom. The molecule has 13 nitrogen and oxygen atoms in total. The standard InChI is InChI=1S/C34H32ClF3N8O5/c1-17-28(48)27(40-16-39-17)31(50)44-13-20-2-3-21(14-44)33(20)9-6-24-26(33)30(49)46-32(42-29(43-46)18-7-10-51-11-8-18)45(24)15-25(47)41-23-5-4-19(12-22(23)35)34(36,37)38/h4-5,7,12,16,20-21,48H,2-3,6,8-11,13-15H2,1H3,(H,41,47)/t20-,21?,33?/m1/s1. The van der Waals surface area contributed by atoms with E-state index in [0.717, 1.165) is 36.6 Å². The molecule has 2 aliphatic carbocycles. The van der Waals surface area contributed by atoms with E-state index in [0.29, 0.717) is 68.3 Å². The maximum Gasteiger partial charge on any atom is 0.416 e. The number of rotatable bonds is 5. The van der Waals surface area contributed by atoms with Gasteiger partial charge in [-0.05, 0) is 74.6 Å². The molecule has 0 radical (unpaired) electrons. The molecule has 5 heterocycles. The van der Waals surface area contributed by atoms with Crippen LogP contribution in [0.3, 0.4) is 0 Å². The van der Waals surface area contributed by atoms with Crippen LogP contribution in [-0.2, 0) is 34.1 Å². The fraction of sp³-hybridized carbons (Fsp3) is 0.441. The minimum Gasteiger partial charge on any atom is -0.504 e. The molecule has 266 valence electrons. The molecule has 1 saturated heterocycles. The number of likely N-dealkylation sites (tertiary alicyclic amines) is 1. The summed E-state index contributed by atoms with van der Waals surface area (Å²) in [7, 11) is 0. The highest BCUT2D eigenvalue weighted by atomic mass is 35.5. The van der Waals surface area contributed by atoms with Crippen LogP contribution in [0.1, 0.15) is 64.5 Å². The molecule has 1 spiro atoms. The fourth-order valence-electron chi connectivity index (χ4n) is 8.56. The van der Waals surface area contributed by atoms with Crippen LogP contribution in [-0.4, -0.2) is 77.3 Å². The number of hydrogen-bond donors (Lipinski definition) is 2. The Balaban J connectivity index is 1.18. The molecule has 2 aliphatic heterocycles. The maximum atomic E-state index is 14.6. The van der Waals surface area contributed by atoms with Crippen molar-refractivity contribution >= 4 is 40.5 Å². The van der Waals surface area contributed by atoms with Crippen LogP contribution in [0, 0.1) is 18.8 Å². The maximum absolute atomic E-state index is 14.6. The first kappa shape index (κ1) is 33.3. The van der Waals surface area contributed by atoms with Gasteiger partial charge in [0.05, 0.1) is 35.2 Å². The molecule has 3 aromatic heterocycles. The number of nitrogens with zero attached hydrogens (tertiary/aromatic N) is 7. The van der Waals surface area contributed by atoms with Gasteiger partial charge in [0.1, 0.15) is 12.9 Å². The van der Waals surface area contributed by atoms with Crippen LogP contribution in [0.15, 0.2) is 35.4 Å². The first-order chi connectivity index (χ1) is 24.4. The number of nitrogens with one attached hydrogen (secondary N) is 1. The molecular formula is C34H32ClF3N8O5. The number of alkyl halides is 3. The second-order valence-electron chi connectivity index (χ2n) is 13.5. The number of fused-ring (bicyclic) bond motifs is 2. The molecule has 2 fully saturated rings. The molecular weight excluding hydrogens is 693 g/mol. The topological polar surface area (TPSA) is 157 Å². The van der Waals surface area contributed by atoms with E-state index in [1.54, 1.807) is 16.4 Å². The predicted octanol–water partition coefficient (Wildman–Crippen LogP) is 4.18. The minimum absolute atomic E-state index is 0.00867. The highest BCUT2D eigenvalue weighted by Gasteiger charge is 2.60. The third-order valence-corrected chi connectivity index (χ3v) is 11.2. The van der Waals surface area contributed by atoms with E-state index in [-0.39, 0.29) is 51.9 Å². The highest BCUT2D eigenvalue weighted by molar-refractivity contribution is 6.33. The lowest BCUT2D eigenvalue weighted by Crippen LogP contribution is -2.54. The Labute approximate surface area is 293 Å². The van der Waals surface area contributed by atoms with Crippen molar-refractivity contribution in [3.63, 3.8) is 0 Å². The Morgan fingerprint density at radius 1 is 1.16 bits per heavy atom. The molecule has 2 amide bonds. The zero-order chi connectivity index (χ0) is 35.8. The molecule has 1 saturated carbocycles. The fourth-order valence-corrected chi connectivity index (χ4v) is 8.79. The lowest BCUT2D eigenvalue weighted by Gasteiger charge is -2.46. The van der Waals surface area contributed by atoms with Crippen molar-refractivity contribution in [2.24, 2.45) is 11.8 Å². The minimum atomic E-state index is -4.60. The summed E-state index contributed by atoms with van der Waals surface area (Å²) in [6, 6.07) is 2.70. The molecule has 8 rings (SSSR count). The Hall–Kier alpha value is -4.83. The lowest BCUT2D eigenvalue weighted by atomic mass is 9.66. The van der Waals surface area contributed by atoms with Crippen LogP contribution in [0.4, 0.5) is 18.9 Å². The summed E-state index contributed by atoms with van der Waals surface area (Å²) in [5, 5.41) is 17.5. The van der Waals surface area contributed by atoms with Crippen molar-refractivity contribution in [2.75, 3.05) is 31.6 Å². The number of anilines is 1. The summed E-state index contributed by atoms with van der Waals surface area (Å²) in [5.74, 6) is -0.914. The zero-order valence-electron chi connectivity index (χ0n) is 27.3. The predicted molar refractivity (Wildman–Crippen MR) is 176 cm³/mol. The monoisotopic (exact) mass is 724 g/mol. The first-order valence-corrected chi connectivity index (χ1v) is 17.0. The molecule has 17 heteroatoms. The number of carbonyl (C=O) groups is 2. The summed E-state index contributed by atoms with van der Waals surface area (Å²) in [5.41, 5.74) is 0.372. The molecule has 4 aliphatic rings. The number of aromatic hydroxyl groups is 1. The molecule has 2 bridgehead atoms. The number of amides is 2. The van der Waals surface area contributed by atoms with Gasteiger partial charge in [-0.1, -0.05) is 17.7 Å². The van der Waals surface area contributed by atoms with Gasteiger partial charge in [-0.2, -0.15) is 22.7 Å². The van der Waals surface area contributed by atoms with Crippen LogP contribution in [0.2, 0.25) is 5.02 Å². The summed E-state index contributed by atoms with van der Waals surface area (Å²) in [6.07, 6.45) is 1.64. The second kappa shape index (κ2) is 12.1. The Kier molecular flexibility index (Phi) is 7.94. The average Bonchev–Trinajstić information content (AvgIpc) is 3.77. The van der Waals surface area contributed by atoms with Gasteiger partial charge >= 0.3 is 6.18 Å². The third-order valence-electron chi connectivity index (χ3n) is 10.9. The van der Waals surface area contributed by atoms with Crippen LogP contribution < -0.4 is 10.9 Å². The molecule has 4 aromatic rings. The van der Waals surface area contributed by atoms with E-state index in [4.69, 9.17) is 21.3 Å². The van der Waals surface area contributed by atoms with E-state index in [1.807, 2.05) is 6.08 Å². The summed E-state index contributed by atoms with van der Waals surface area (Å²) in [4.78, 5) is 56.2. The average molecular weight is 725 g/mol. The second-order valence-corrected chi connectivity index (χ2v) is 13.9. The molecule has 51 heavy (non-hydrogen) atoms. The van der Waals surface area contributed by atoms with Gasteiger partial charge in [0.2, 0.25) is 11.7 Å². The van der Waals surface area contributed by atoms with Gasteiger partial charge in [-0.15, -0.1) is 5.10 Å². The van der Waals surface area contributed by atoms with Crippen molar-refractivity contribution in [3.05, 3.63) is 80.0 Å². The van der Waals surface area contributed by atoms with Crippen LogP contribution >= 0.6 is 11.6 Å². The molecule has 3 atom stereocenters. The van der Waals surface area contributed by atoms with E-state index in [1.165, 1.54) is 10.8 Å². The van der Waals surface area contributed by atoms with Gasteiger partial charge in [0.15, 0.2) is 17.3 Å². The molecule has 1 aromatic carbocycles. The number of benzene rings is 1. The number of carbonyl (C=O) groups excluding carboxylic acids is 2. The number of halogens is 4.